The predicted octanol–water partition coefficient (Wildman–Crippen LogP) is -0.895. The summed E-state index contributed by atoms with van der Waals surface area (Å²) in [6.07, 6.45) is 1.32. The lowest BCUT2D eigenvalue weighted by Crippen LogP contribution is -2.45. The molecule has 0 aliphatic heterocycles. The standard InChI is InChI=1S/C6H8N4O4S/c11-2-3(5(12)13)8-6(14)9-4-1-7-10-15-4/h1,3,11H,2H2,(H,12,13)(H2,8,9,14)/t3-/m1/s1. The highest BCUT2D eigenvalue weighted by atomic mass is 32.1. The third kappa shape index (κ3) is 3.48. The van der Waals surface area contributed by atoms with Crippen molar-refractivity contribution in [1.82, 2.24) is 14.9 Å². The Kier molecular flexibility index (Phi) is 3.94. The van der Waals surface area contributed by atoms with E-state index in [9.17, 15) is 9.59 Å². The second kappa shape index (κ2) is 5.22. The molecule has 0 saturated heterocycles. The predicted molar refractivity (Wildman–Crippen MR) is 50.6 cm³/mol. The first-order chi connectivity index (χ1) is 7.13. The van der Waals surface area contributed by atoms with Gasteiger partial charge in [0.15, 0.2) is 6.04 Å². The summed E-state index contributed by atoms with van der Waals surface area (Å²) in [6, 6.07) is -2.06. The Morgan fingerprint density at radius 1 is 1.60 bits per heavy atom. The van der Waals surface area contributed by atoms with Gasteiger partial charge in [-0.1, -0.05) is 4.49 Å². The monoisotopic (exact) mass is 232 g/mol. The van der Waals surface area contributed by atoms with Crippen molar-refractivity contribution in [3.05, 3.63) is 6.20 Å². The molecule has 1 heterocycles. The number of aliphatic hydroxyl groups excluding tert-OH is 1. The van der Waals surface area contributed by atoms with E-state index in [2.05, 4.69) is 20.2 Å². The Labute approximate surface area is 88.1 Å². The zero-order chi connectivity index (χ0) is 11.3. The molecule has 0 spiro atoms. The van der Waals surface area contributed by atoms with Gasteiger partial charge in [0.1, 0.15) is 5.00 Å². The Balaban J connectivity index is 2.45. The Bertz CT molecular complexity index is 341. The van der Waals surface area contributed by atoms with Gasteiger partial charge >= 0.3 is 12.0 Å². The lowest BCUT2D eigenvalue weighted by atomic mass is 10.3. The normalized spacial score (nSPS) is 11.8. The second-order valence-electron chi connectivity index (χ2n) is 2.45. The van der Waals surface area contributed by atoms with Gasteiger partial charge in [-0.2, -0.15) is 0 Å². The number of aromatic nitrogens is 2. The van der Waals surface area contributed by atoms with Gasteiger partial charge in [-0.15, -0.1) is 5.10 Å². The molecule has 1 aromatic heterocycles. The van der Waals surface area contributed by atoms with Crippen LogP contribution in [0.4, 0.5) is 9.80 Å². The van der Waals surface area contributed by atoms with Gasteiger partial charge in [-0.25, -0.2) is 9.59 Å². The maximum Gasteiger partial charge on any atom is 0.328 e. The summed E-state index contributed by atoms with van der Waals surface area (Å²) >= 11 is 0.951. The average Bonchev–Trinajstić information content (AvgIpc) is 2.66. The molecular weight excluding hydrogens is 224 g/mol. The largest absolute Gasteiger partial charge is 0.480 e. The van der Waals surface area contributed by atoms with Crippen LogP contribution in [0.2, 0.25) is 0 Å². The van der Waals surface area contributed by atoms with E-state index in [4.69, 9.17) is 10.2 Å². The van der Waals surface area contributed by atoms with Crippen molar-refractivity contribution in [2.24, 2.45) is 0 Å². The van der Waals surface area contributed by atoms with Gasteiger partial charge in [-0.3, -0.25) is 5.32 Å². The van der Waals surface area contributed by atoms with Crippen molar-refractivity contribution in [2.45, 2.75) is 6.04 Å². The van der Waals surface area contributed by atoms with Crippen molar-refractivity contribution in [3.8, 4) is 0 Å². The molecule has 0 unspecified atom stereocenters. The minimum absolute atomic E-state index is 0.384. The van der Waals surface area contributed by atoms with Gasteiger partial charge in [0.2, 0.25) is 0 Å². The highest BCUT2D eigenvalue weighted by molar-refractivity contribution is 7.10. The van der Waals surface area contributed by atoms with Gasteiger partial charge in [-0.05, 0) is 0 Å². The van der Waals surface area contributed by atoms with Crippen LogP contribution in [-0.4, -0.2) is 44.4 Å². The van der Waals surface area contributed by atoms with Gasteiger partial charge in [0.25, 0.3) is 0 Å². The van der Waals surface area contributed by atoms with Gasteiger partial charge < -0.3 is 15.5 Å². The Morgan fingerprint density at radius 2 is 2.33 bits per heavy atom. The maximum absolute atomic E-state index is 11.1. The fourth-order valence-corrected chi connectivity index (χ4v) is 1.13. The molecule has 4 N–H and O–H groups in total. The van der Waals surface area contributed by atoms with Crippen LogP contribution in [0.25, 0.3) is 0 Å². The number of urea groups is 1. The number of nitrogens with one attached hydrogen (secondary N) is 2. The fourth-order valence-electron chi connectivity index (χ4n) is 0.714. The fraction of sp³-hybridized carbons (Fsp3) is 0.333. The summed E-state index contributed by atoms with van der Waals surface area (Å²) in [6.45, 7) is -0.677. The molecule has 0 aliphatic carbocycles. The first-order valence-electron chi connectivity index (χ1n) is 3.82. The van der Waals surface area contributed by atoms with Crippen LogP contribution in [0.1, 0.15) is 0 Å². The highest BCUT2D eigenvalue weighted by Gasteiger charge is 2.18. The summed E-state index contributed by atoms with van der Waals surface area (Å²) in [5, 5.41) is 25.4. The van der Waals surface area contributed by atoms with Crippen LogP contribution in [0.15, 0.2) is 6.20 Å². The second-order valence-corrected chi connectivity index (χ2v) is 3.24. The highest BCUT2D eigenvalue weighted by Crippen LogP contribution is 2.08. The molecule has 1 atom stereocenters. The first-order valence-corrected chi connectivity index (χ1v) is 4.59. The van der Waals surface area contributed by atoms with Crippen molar-refractivity contribution in [2.75, 3.05) is 11.9 Å². The van der Waals surface area contributed by atoms with E-state index >= 15 is 0 Å². The molecule has 0 aliphatic rings. The number of carboxylic acid groups (broad SMARTS) is 1. The number of amides is 2. The molecule has 15 heavy (non-hydrogen) atoms. The number of anilines is 1. The number of carbonyl (C=O) groups is 2. The van der Waals surface area contributed by atoms with Gasteiger partial charge in [0.05, 0.1) is 12.8 Å². The minimum Gasteiger partial charge on any atom is -0.480 e. The smallest absolute Gasteiger partial charge is 0.328 e. The van der Waals surface area contributed by atoms with Crippen LogP contribution in [0.3, 0.4) is 0 Å². The molecule has 9 heteroatoms. The van der Waals surface area contributed by atoms with E-state index < -0.39 is 24.6 Å². The third-order valence-corrected chi connectivity index (χ3v) is 1.96. The van der Waals surface area contributed by atoms with Crippen molar-refractivity contribution in [3.63, 3.8) is 0 Å². The number of hydrogen-bond acceptors (Lipinski definition) is 6. The van der Waals surface area contributed by atoms with E-state index in [0.717, 1.165) is 11.5 Å². The molecule has 0 aromatic carbocycles. The van der Waals surface area contributed by atoms with E-state index in [-0.39, 0.29) is 0 Å². The third-order valence-electron chi connectivity index (χ3n) is 1.38. The van der Waals surface area contributed by atoms with Crippen LogP contribution in [0.5, 0.6) is 0 Å². The molecule has 0 fully saturated rings. The van der Waals surface area contributed by atoms with Crippen molar-refractivity contribution < 1.29 is 19.8 Å². The SMILES string of the molecule is O=C(Nc1cnns1)N[C@H](CO)C(=O)O. The van der Waals surface area contributed by atoms with Crippen molar-refractivity contribution >= 4 is 28.5 Å². The number of carboxylic acids is 1. The molecule has 0 bridgehead atoms. The molecule has 1 aromatic rings. The van der Waals surface area contributed by atoms with Crippen molar-refractivity contribution in [1.29, 1.82) is 0 Å². The zero-order valence-electron chi connectivity index (χ0n) is 7.38. The Hall–Kier alpha value is -1.74. The van der Waals surface area contributed by atoms with E-state index in [1.165, 1.54) is 6.20 Å². The number of aliphatic carboxylic acids is 1. The molecule has 0 radical (unpaired) electrons. The molecule has 2 amide bonds. The summed E-state index contributed by atoms with van der Waals surface area (Å²) in [4.78, 5) is 21.6. The van der Waals surface area contributed by atoms with E-state index in [0.29, 0.717) is 5.00 Å². The van der Waals surface area contributed by atoms with Crippen LogP contribution in [0, 0.1) is 0 Å². The molecular formula is C6H8N4O4S. The van der Waals surface area contributed by atoms with E-state index in [1.807, 2.05) is 0 Å². The van der Waals surface area contributed by atoms with Crippen LogP contribution < -0.4 is 10.6 Å². The topological polar surface area (TPSA) is 124 Å². The molecule has 1 rings (SSSR count). The maximum atomic E-state index is 11.1. The van der Waals surface area contributed by atoms with E-state index in [1.54, 1.807) is 0 Å². The quantitative estimate of drug-likeness (QED) is 0.533. The van der Waals surface area contributed by atoms with Crippen LogP contribution >= 0.6 is 11.5 Å². The lowest BCUT2D eigenvalue weighted by molar-refractivity contribution is -0.140. The summed E-state index contributed by atoms with van der Waals surface area (Å²) in [5.41, 5.74) is 0. The number of carbonyl (C=O) groups excluding carboxylic acids is 1. The average molecular weight is 232 g/mol. The number of rotatable bonds is 4. The summed E-state index contributed by atoms with van der Waals surface area (Å²) < 4.78 is 3.49. The number of nitrogens with zero attached hydrogens (tertiary/aromatic N) is 2. The Morgan fingerprint density at radius 3 is 2.80 bits per heavy atom. The van der Waals surface area contributed by atoms with Gasteiger partial charge in [0, 0.05) is 11.5 Å². The lowest BCUT2D eigenvalue weighted by Gasteiger charge is -2.11. The number of aliphatic hydroxyl groups is 1. The summed E-state index contributed by atoms with van der Waals surface area (Å²) in [5.74, 6) is -1.31. The minimum atomic E-state index is -1.33. The summed E-state index contributed by atoms with van der Waals surface area (Å²) in [7, 11) is 0. The zero-order valence-corrected chi connectivity index (χ0v) is 8.19. The molecule has 0 saturated carbocycles. The molecule has 8 nitrogen and oxygen atoms in total. The molecule has 82 valence electrons. The first kappa shape index (κ1) is 11.3. The van der Waals surface area contributed by atoms with Crippen LogP contribution in [-0.2, 0) is 4.79 Å². The number of hydrogen-bond donors (Lipinski definition) is 4.